The lowest BCUT2D eigenvalue weighted by atomic mass is 10.3. The van der Waals surface area contributed by atoms with Gasteiger partial charge < -0.3 is 0 Å². The van der Waals surface area contributed by atoms with E-state index in [2.05, 4.69) is 0 Å². The van der Waals surface area contributed by atoms with Gasteiger partial charge in [-0.1, -0.05) is 6.92 Å². The fourth-order valence-electron chi connectivity index (χ4n) is 0.210. The molecule has 0 unspecified atom stereocenters. The van der Waals surface area contributed by atoms with Gasteiger partial charge in [0.25, 0.3) is 5.92 Å². The average Bonchev–Trinajstić information content (AvgIpc) is 1.67. The Kier molecular flexibility index (Phi) is 2.58. The zero-order valence-electron chi connectivity index (χ0n) is 4.50. The topological polar surface area (TPSA) is 0 Å². The van der Waals surface area contributed by atoms with Crippen molar-refractivity contribution in [3.63, 3.8) is 0 Å². The van der Waals surface area contributed by atoms with Crippen LogP contribution in [0.5, 0.6) is 0 Å². The van der Waals surface area contributed by atoms with Gasteiger partial charge in [0, 0.05) is 12.5 Å². The summed E-state index contributed by atoms with van der Waals surface area (Å²) < 4.78 is 34.7. The molecular formula is C5H7F3. The Balaban J connectivity index is 3.71. The van der Waals surface area contributed by atoms with Crippen LogP contribution in [0, 0.1) is 0 Å². The molecule has 0 aliphatic rings. The summed E-state index contributed by atoms with van der Waals surface area (Å²) in [5, 5.41) is 0. The van der Waals surface area contributed by atoms with Crippen molar-refractivity contribution in [3.05, 3.63) is 12.4 Å². The molecule has 0 nitrogen and oxygen atoms in total. The van der Waals surface area contributed by atoms with E-state index in [1.165, 1.54) is 6.92 Å². The quantitative estimate of drug-likeness (QED) is 0.530. The van der Waals surface area contributed by atoms with E-state index in [-0.39, 0.29) is 18.8 Å². The van der Waals surface area contributed by atoms with E-state index < -0.39 is 5.92 Å². The summed E-state index contributed by atoms with van der Waals surface area (Å²) in [5.41, 5.74) is 0. The molecule has 0 atom stereocenters. The predicted molar refractivity (Wildman–Crippen MR) is 25.5 cm³/mol. The standard InChI is InChI=1S/C5H7F3/c1-2-5(7,8)3-4-6/h3-4H,2H2,1H3/b4-3+. The molecule has 0 spiro atoms. The molecule has 0 fully saturated rings. The van der Waals surface area contributed by atoms with E-state index in [0.717, 1.165) is 0 Å². The Labute approximate surface area is 46.0 Å². The largest absolute Gasteiger partial charge is 0.268 e. The molecule has 0 saturated carbocycles. The SMILES string of the molecule is CCC(F)(F)/C=C/F. The Morgan fingerprint density at radius 1 is 1.50 bits per heavy atom. The van der Waals surface area contributed by atoms with E-state index in [1.54, 1.807) is 0 Å². The van der Waals surface area contributed by atoms with Crippen LogP contribution in [-0.4, -0.2) is 5.92 Å². The molecule has 0 aromatic heterocycles. The summed E-state index contributed by atoms with van der Waals surface area (Å²) in [6.07, 6.45) is -0.246. The monoisotopic (exact) mass is 124 g/mol. The Morgan fingerprint density at radius 2 is 2.00 bits per heavy atom. The van der Waals surface area contributed by atoms with Crippen LogP contribution in [-0.2, 0) is 0 Å². The lowest BCUT2D eigenvalue weighted by Gasteiger charge is -2.04. The molecule has 0 heterocycles. The van der Waals surface area contributed by atoms with E-state index >= 15 is 0 Å². The second kappa shape index (κ2) is 2.74. The van der Waals surface area contributed by atoms with Gasteiger partial charge in [-0.25, -0.2) is 13.2 Å². The van der Waals surface area contributed by atoms with Gasteiger partial charge in [0.05, 0.1) is 6.33 Å². The second-order valence-electron chi connectivity index (χ2n) is 1.41. The molecule has 0 radical (unpaired) electrons. The van der Waals surface area contributed by atoms with Crippen LogP contribution in [0.3, 0.4) is 0 Å². The molecule has 0 rings (SSSR count). The summed E-state index contributed by atoms with van der Waals surface area (Å²) in [5.74, 6) is -2.96. The highest BCUT2D eigenvalue weighted by Gasteiger charge is 2.20. The minimum absolute atomic E-state index is 0.135. The Morgan fingerprint density at radius 3 is 2.12 bits per heavy atom. The van der Waals surface area contributed by atoms with Gasteiger partial charge in [-0.05, 0) is 0 Å². The molecule has 48 valence electrons. The molecule has 0 N–H and O–H groups in total. The van der Waals surface area contributed by atoms with Crippen LogP contribution < -0.4 is 0 Å². The number of rotatable bonds is 2. The molecule has 0 saturated heterocycles. The fourth-order valence-corrected chi connectivity index (χ4v) is 0.210. The smallest absolute Gasteiger partial charge is 0.216 e. The van der Waals surface area contributed by atoms with Crippen LogP contribution in [0.25, 0.3) is 0 Å². The highest BCUT2D eigenvalue weighted by Crippen LogP contribution is 2.18. The van der Waals surface area contributed by atoms with Crippen molar-refractivity contribution in [2.24, 2.45) is 0 Å². The van der Waals surface area contributed by atoms with Gasteiger partial charge in [0.15, 0.2) is 0 Å². The molecule has 0 aromatic carbocycles. The first-order valence-electron chi connectivity index (χ1n) is 2.28. The molecule has 8 heavy (non-hydrogen) atoms. The third kappa shape index (κ3) is 2.66. The van der Waals surface area contributed by atoms with Crippen molar-refractivity contribution in [3.8, 4) is 0 Å². The summed E-state index contributed by atoms with van der Waals surface area (Å²) >= 11 is 0. The van der Waals surface area contributed by atoms with Crippen LogP contribution >= 0.6 is 0 Å². The first kappa shape index (κ1) is 7.53. The highest BCUT2D eigenvalue weighted by molar-refractivity contribution is 4.88. The summed E-state index contributed by atoms with van der Waals surface area (Å²) in [7, 11) is 0. The van der Waals surface area contributed by atoms with E-state index in [0.29, 0.717) is 0 Å². The highest BCUT2D eigenvalue weighted by atomic mass is 19.3. The Hall–Kier alpha value is -0.470. The van der Waals surface area contributed by atoms with Crippen molar-refractivity contribution in [2.45, 2.75) is 19.3 Å². The predicted octanol–water partition coefficient (Wildman–Crippen LogP) is 2.51. The number of halogens is 3. The first-order valence-corrected chi connectivity index (χ1v) is 2.28. The van der Waals surface area contributed by atoms with Crippen molar-refractivity contribution >= 4 is 0 Å². The van der Waals surface area contributed by atoms with Gasteiger partial charge in [0.1, 0.15) is 0 Å². The average molecular weight is 124 g/mol. The van der Waals surface area contributed by atoms with Gasteiger partial charge in [-0.3, -0.25) is 0 Å². The summed E-state index contributed by atoms with van der Waals surface area (Å²) in [6.45, 7) is 1.29. The zero-order valence-corrected chi connectivity index (χ0v) is 4.50. The number of hydrogen-bond acceptors (Lipinski definition) is 0. The van der Waals surface area contributed by atoms with Crippen molar-refractivity contribution in [2.75, 3.05) is 0 Å². The molecule has 0 bridgehead atoms. The molecule has 3 heteroatoms. The van der Waals surface area contributed by atoms with E-state index in [4.69, 9.17) is 0 Å². The molecule has 0 amide bonds. The molecular weight excluding hydrogens is 117 g/mol. The number of alkyl halides is 2. The number of allylic oxidation sites excluding steroid dienone is 1. The summed E-state index contributed by atoms with van der Waals surface area (Å²) in [4.78, 5) is 0. The van der Waals surface area contributed by atoms with Crippen LogP contribution in [0.2, 0.25) is 0 Å². The summed E-state index contributed by atoms with van der Waals surface area (Å²) in [6, 6.07) is 0. The van der Waals surface area contributed by atoms with Gasteiger partial charge in [0.2, 0.25) is 0 Å². The lowest BCUT2D eigenvalue weighted by molar-refractivity contribution is 0.0500. The minimum atomic E-state index is -2.96. The third-order valence-corrected chi connectivity index (χ3v) is 0.778. The maximum Gasteiger partial charge on any atom is 0.268 e. The fraction of sp³-hybridized carbons (Fsp3) is 0.600. The molecule has 0 aliphatic heterocycles. The first-order chi connectivity index (χ1) is 3.62. The van der Waals surface area contributed by atoms with E-state index in [1.807, 2.05) is 0 Å². The van der Waals surface area contributed by atoms with Crippen LogP contribution in [0.1, 0.15) is 13.3 Å². The zero-order chi connectivity index (χ0) is 6.62. The van der Waals surface area contributed by atoms with Crippen LogP contribution in [0.15, 0.2) is 12.4 Å². The van der Waals surface area contributed by atoms with Crippen molar-refractivity contribution in [1.82, 2.24) is 0 Å². The van der Waals surface area contributed by atoms with Crippen LogP contribution in [0.4, 0.5) is 13.2 Å². The maximum absolute atomic E-state index is 11.8. The third-order valence-electron chi connectivity index (χ3n) is 0.778. The van der Waals surface area contributed by atoms with Crippen molar-refractivity contribution in [1.29, 1.82) is 0 Å². The molecule has 0 aliphatic carbocycles. The molecule has 0 aromatic rings. The second-order valence-corrected chi connectivity index (χ2v) is 1.41. The Bertz CT molecular complexity index is 85.7. The van der Waals surface area contributed by atoms with Gasteiger partial charge in [-0.2, -0.15) is 0 Å². The normalized spacial score (nSPS) is 13.0. The lowest BCUT2D eigenvalue weighted by Crippen LogP contribution is -2.08. The maximum atomic E-state index is 11.8. The number of hydrogen-bond donors (Lipinski definition) is 0. The van der Waals surface area contributed by atoms with E-state index in [9.17, 15) is 13.2 Å². The van der Waals surface area contributed by atoms with Gasteiger partial charge >= 0.3 is 0 Å². The minimum Gasteiger partial charge on any atom is -0.216 e. The van der Waals surface area contributed by atoms with Gasteiger partial charge in [-0.15, -0.1) is 0 Å². The van der Waals surface area contributed by atoms with Crippen molar-refractivity contribution < 1.29 is 13.2 Å².